The van der Waals surface area contributed by atoms with Crippen molar-refractivity contribution in [3.05, 3.63) is 66.2 Å². The molecule has 0 spiro atoms. The Bertz CT molecular complexity index is 1010. The first-order valence-electron chi connectivity index (χ1n) is 7.32. The fraction of sp³-hybridized carbons (Fsp3) is 0.125. The molecule has 10 heteroatoms. The van der Waals surface area contributed by atoms with Crippen LogP contribution in [0.3, 0.4) is 0 Å². The Morgan fingerprint density at radius 1 is 1.08 bits per heavy atom. The average molecular weight is 382 g/mol. The molecule has 6 nitrogen and oxygen atoms in total. The maximum atomic E-state index is 13.0. The zero-order valence-electron chi connectivity index (χ0n) is 13.4. The molecule has 1 heterocycles. The predicted molar refractivity (Wildman–Crippen MR) is 88.3 cm³/mol. The number of aryl methyl sites for hydroxylation is 1. The van der Waals surface area contributed by atoms with Gasteiger partial charge in [0.15, 0.2) is 0 Å². The minimum absolute atomic E-state index is 0.0648. The van der Waals surface area contributed by atoms with Crippen molar-refractivity contribution in [2.45, 2.75) is 18.0 Å². The summed E-state index contributed by atoms with van der Waals surface area (Å²) in [6.45, 7) is 1.79. The Kier molecular flexibility index (Phi) is 4.45. The molecule has 3 rings (SSSR count). The largest absolute Gasteiger partial charge is 0.416 e. The first kappa shape index (κ1) is 17.9. The fourth-order valence-electron chi connectivity index (χ4n) is 2.25. The minimum Gasteiger partial charge on any atom is -0.277 e. The lowest BCUT2D eigenvalue weighted by atomic mass is 10.1. The second kappa shape index (κ2) is 6.45. The van der Waals surface area contributed by atoms with Crippen LogP contribution in [0.25, 0.3) is 5.69 Å². The minimum atomic E-state index is -4.62. The van der Waals surface area contributed by atoms with Gasteiger partial charge in [-0.2, -0.15) is 18.3 Å². The lowest BCUT2D eigenvalue weighted by Crippen LogP contribution is -2.16. The molecule has 0 saturated carbocycles. The highest BCUT2D eigenvalue weighted by Crippen LogP contribution is 2.34. The fourth-order valence-corrected chi connectivity index (χ4v) is 3.31. The van der Waals surface area contributed by atoms with E-state index in [0.717, 1.165) is 23.8 Å². The van der Waals surface area contributed by atoms with Crippen LogP contribution in [0.1, 0.15) is 11.1 Å². The normalized spacial score (nSPS) is 12.2. The van der Waals surface area contributed by atoms with E-state index in [1.54, 1.807) is 19.1 Å². The summed E-state index contributed by atoms with van der Waals surface area (Å²) < 4.78 is 67.6. The van der Waals surface area contributed by atoms with Crippen LogP contribution in [0.5, 0.6) is 0 Å². The van der Waals surface area contributed by atoms with Gasteiger partial charge in [-0.25, -0.2) is 18.1 Å². The smallest absolute Gasteiger partial charge is 0.277 e. The van der Waals surface area contributed by atoms with Gasteiger partial charge in [0.2, 0.25) is 0 Å². The summed E-state index contributed by atoms with van der Waals surface area (Å²) >= 11 is 0. The zero-order chi connectivity index (χ0) is 18.9. The molecule has 136 valence electrons. The topological polar surface area (TPSA) is 76.9 Å². The van der Waals surface area contributed by atoms with Crippen LogP contribution in [0.2, 0.25) is 0 Å². The highest BCUT2D eigenvalue weighted by molar-refractivity contribution is 7.92. The van der Waals surface area contributed by atoms with Crippen LogP contribution >= 0.6 is 0 Å². The summed E-state index contributed by atoms with van der Waals surface area (Å²) in [5, 5.41) is 3.84. The van der Waals surface area contributed by atoms with Crippen molar-refractivity contribution in [3.8, 4) is 5.69 Å². The summed E-state index contributed by atoms with van der Waals surface area (Å²) in [7, 11) is -4.08. The number of hydrogen-bond acceptors (Lipinski definition) is 4. The Morgan fingerprint density at radius 2 is 1.77 bits per heavy atom. The van der Waals surface area contributed by atoms with Gasteiger partial charge in [0.05, 0.1) is 21.8 Å². The molecule has 0 aliphatic carbocycles. The van der Waals surface area contributed by atoms with E-state index in [-0.39, 0.29) is 16.3 Å². The van der Waals surface area contributed by atoms with Crippen molar-refractivity contribution in [2.24, 2.45) is 0 Å². The Balaban J connectivity index is 2.08. The van der Waals surface area contributed by atoms with Crippen LogP contribution in [0.4, 0.5) is 18.9 Å². The van der Waals surface area contributed by atoms with Crippen molar-refractivity contribution < 1.29 is 21.6 Å². The summed E-state index contributed by atoms with van der Waals surface area (Å²) in [4.78, 5) is 3.66. The van der Waals surface area contributed by atoms with E-state index in [0.29, 0.717) is 0 Å². The summed E-state index contributed by atoms with van der Waals surface area (Å²) in [5.41, 5.74) is -0.272. The first-order chi connectivity index (χ1) is 12.2. The molecule has 0 bridgehead atoms. The van der Waals surface area contributed by atoms with E-state index >= 15 is 0 Å². The molecule has 0 atom stereocenters. The van der Waals surface area contributed by atoms with Crippen molar-refractivity contribution >= 4 is 15.7 Å². The number of aromatic nitrogens is 3. The van der Waals surface area contributed by atoms with Crippen molar-refractivity contribution in [1.82, 2.24) is 14.8 Å². The van der Waals surface area contributed by atoms with E-state index in [2.05, 4.69) is 14.8 Å². The van der Waals surface area contributed by atoms with Gasteiger partial charge < -0.3 is 0 Å². The number of benzene rings is 2. The van der Waals surface area contributed by atoms with Crippen LogP contribution in [0.15, 0.2) is 60.0 Å². The van der Waals surface area contributed by atoms with Gasteiger partial charge >= 0.3 is 6.18 Å². The van der Waals surface area contributed by atoms with Gasteiger partial charge in [-0.1, -0.05) is 17.7 Å². The number of rotatable bonds is 4. The molecule has 1 aromatic heterocycles. The zero-order valence-corrected chi connectivity index (χ0v) is 14.2. The molecule has 0 fully saturated rings. The quantitative estimate of drug-likeness (QED) is 0.750. The number of nitrogens with zero attached hydrogens (tertiary/aromatic N) is 3. The summed E-state index contributed by atoms with van der Waals surface area (Å²) in [6.07, 6.45) is -2.17. The summed E-state index contributed by atoms with van der Waals surface area (Å²) in [6, 6.07) is 8.65. The van der Waals surface area contributed by atoms with Gasteiger partial charge in [0.1, 0.15) is 12.7 Å². The van der Waals surface area contributed by atoms with Gasteiger partial charge in [-0.15, -0.1) is 0 Å². The highest BCUT2D eigenvalue weighted by Gasteiger charge is 2.32. The maximum absolute atomic E-state index is 13.0. The Hall–Kier alpha value is -2.88. The SMILES string of the molecule is Cc1ccc(S(=O)(=O)Nc2cc(C(F)(F)F)ccc2-n2cncn2)cc1. The molecule has 3 aromatic rings. The standard InChI is InChI=1S/C16H13F3N4O2S/c1-11-2-5-13(6-3-11)26(24,25)22-14-8-12(16(17,18)19)4-7-15(14)23-10-20-9-21-23/h2-10,22H,1H3. The Labute approximate surface area is 147 Å². The monoisotopic (exact) mass is 382 g/mol. The number of nitrogens with one attached hydrogen (secondary N) is 1. The second-order valence-corrected chi connectivity index (χ2v) is 7.17. The number of halogens is 3. The van der Waals surface area contributed by atoms with Gasteiger partial charge in [-0.05, 0) is 37.3 Å². The van der Waals surface area contributed by atoms with Crippen molar-refractivity contribution in [2.75, 3.05) is 4.72 Å². The van der Waals surface area contributed by atoms with Crippen LogP contribution < -0.4 is 4.72 Å². The molecule has 0 aliphatic heterocycles. The van der Waals surface area contributed by atoms with E-state index < -0.39 is 21.8 Å². The van der Waals surface area contributed by atoms with Crippen LogP contribution in [0, 0.1) is 6.92 Å². The molecule has 26 heavy (non-hydrogen) atoms. The molecular formula is C16H13F3N4O2S. The third-order valence-electron chi connectivity index (χ3n) is 3.57. The third kappa shape index (κ3) is 3.69. The Morgan fingerprint density at radius 3 is 2.35 bits per heavy atom. The number of hydrogen-bond donors (Lipinski definition) is 1. The van der Waals surface area contributed by atoms with Crippen molar-refractivity contribution in [1.29, 1.82) is 0 Å². The number of alkyl halides is 3. The third-order valence-corrected chi connectivity index (χ3v) is 4.95. The molecule has 0 radical (unpaired) electrons. The van der Waals surface area contributed by atoms with E-state index in [9.17, 15) is 21.6 Å². The first-order valence-corrected chi connectivity index (χ1v) is 8.81. The number of sulfonamides is 1. The molecule has 1 N–H and O–H groups in total. The van der Waals surface area contributed by atoms with Gasteiger partial charge in [0, 0.05) is 0 Å². The molecule has 0 unspecified atom stereocenters. The highest BCUT2D eigenvalue weighted by atomic mass is 32.2. The van der Waals surface area contributed by atoms with E-state index in [1.165, 1.54) is 29.5 Å². The van der Waals surface area contributed by atoms with Gasteiger partial charge in [0.25, 0.3) is 10.0 Å². The molecule has 0 aliphatic rings. The van der Waals surface area contributed by atoms with Crippen LogP contribution in [-0.4, -0.2) is 23.2 Å². The molecule has 0 amide bonds. The van der Waals surface area contributed by atoms with E-state index in [1.807, 2.05) is 0 Å². The van der Waals surface area contributed by atoms with Gasteiger partial charge in [-0.3, -0.25) is 4.72 Å². The second-order valence-electron chi connectivity index (χ2n) is 5.49. The lowest BCUT2D eigenvalue weighted by Gasteiger charge is -2.15. The lowest BCUT2D eigenvalue weighted by molar-refractivity contribution is -0.137. The predicted octanol–water partition coefficient (Wildman–Crippen LogP) is 3.40. The molecule has 0 saturated heterocycles. The molecular weight excluding hydrogens is 369 g/mol. The number of anilines is 1. The molecule has 2 aromatic carbocycles. The average Bonchev–Trinajstić information content (AvgIpc) is 3.08. The van der Waals surface area contributed by atoms with E-state index in [4.69, 9.17) is 0 Å². The van der Waals surface area contributed by atoms with Crippen LogP contribution in [-0.2, 0) is 16.2 Å². The van der Waals surface area contributed by atoms with Crippen molar-refractivity contribution in [3.63, 3.8) is 0 Å². The maximum Gasteiger partial charge on any atom is 0.416 e. The summed E-state index contributed by atoms with van der Waals surface area (Å²) in [5.74, 6) is 0.